The van der Waals surface area contributed by atoms with Crippen molar-refractivity contribution in [2.75, 3.05) is 19.6 Å². The number of ketones is 1. The van der Waals surface area contributed by atoms with Crippen LogP contribution in [0.3, 0.4) is 0 Å². The van der Waals surface area contributed by atoms with E-state index in [9.17, 15) is 9.59 Å². The van der Waals surface area contributed by atoms with Gasteiger partial charge >= 0.3 is 0 Å². The zero-order valence-electron chi connectivity index (χ0n) is 12.5. The smallest absolute Gasteiger partial charge is 0.224 e. The van der Waals surface area contributed by atoms with Crippen LogP contribution in [0.15, 0.2) is 18.2 Å². The summed E-state index contributed by atoms with van der Waals surface area (Å²) in [7, 11) is 0. The van der Waals surface area contributed by atoms with Gasteiger partial charge in [-0.2, -0.15) is 0 Å². The third-order valence-electron chi connectivity index (χ3n) is 4.93. The number of carbonyl (C=O) groups excluding carboxylic acids is 2. The summed E-state index contributed by atoms with van der Waals surface area (Å²) in [4.78, 5) is 25.9. The Kier molecular flexibility index (Phi) is 3.57. The zero-order chi connectivity index (χ0) is 15.0. The molecule has 4 nitrogen and oxygen atoms in total. The number of nitrogens with two attached hydrogens (primary N) is 1. The Morgan fingerprint density at radius 3 is 2.76 bits per heavy atom. The van der Waals surface area contributed by atoms with E-state index in [0.29, 0.717) is 13.1 Å². The van der Waals surface area contributed by atoms with Crippen molar-refractivity contribution in [3.63, 3.8) is 0 Å². The molecule has 1 atom stereocenters. The number of nitrogens with zero attached hydrogens (tertiary/aromatic N) is 1. The van der Waals surface area contributed by atoms with Gasteiger partial charge in [-0.05, 0) is 56.3 Å². The quantitative estimate of drug-likeness (QED) is 0.854. The summed E-state index contributed by atoms with van der Waals surface area (Å²) in [5.41, 5.74) is 8.46. The predicted molar refractivity (Wildman–Crippen MR) is 81.2 cm³/mol. The van der Waals surface area contributed by atoms with Crippen molar-refractivity contribution in [2.24, 2.45) is 11.1 Å². The highest BCUT2D eigenvalue weighted by Crippen LogP contribution is 2.29. The van der Waals surface area contributed by atoms with Crippen LogP contribution < -0.4 is 5.73 Å². The first-order valence-corrected chi connectivity index (χ1v) is 7.65. The molecule has 0 radical (unpaired) electrons. The van der Waals surface area contributed by atoms with E-state index >= 15 is 0 Å². The number of carbonyl (C=O) groups is 2. The predicted octanol–water partition coefficient (Wildman–Crippen LogP) is 1.56. The third-order valence-corrected chi connectivity index (χ3v) is 4.93. The molecule has 1 aromatic rings. The van der Waals surface area contributed by atoms with Crippen LogP contribution in [0.1, 0.15) is 41.3 Å². The Morgan fingerprint density at radius 2 is 2.05 bits per heavy atom. The minimum atomic E-state index is -0.488. The van der Waals surface area contributed by atoms with Crippen LogP contribution >= 0.6 is 0 Å². The van der Waals surface area contributed by atoms with E-state index in [0.717, 1.165) is 31.4 Å². The SMILES string of the molecule is CC1(C(N)=O)CCN(CC(=O)c2ccc3c(c2)CCC3)C1. The van der Waals surface area contributed by atoms with E-state index < -0.39 is 5.41 Å². The average Bonchev–Trinajstić information content (AvgIpc) is 3.05. The van der Waals surface area contributed by atoms with Crippen LogP contribution in [0, 0.1) is 5.41 Å². The number of rotatable bonds is 4. The van der Waals surface area contributed by atoms with Crippen LogP contribution in [-0.2, 0) is 17.6 Å². The number of Topliss-reactive ketones (excluding diaryl/α,β-unsaturated/α-hetero) is 1. The van der Waals surface area contributed by atoms with E-state index in [1.807, 2.05) is 24.0 Å². The Balaban J connectivity index is 1.66. The molecule has 0 bridgehead atoms. The number of hydrogen-bond acceptors (Lipinski definition) is 3. The van der Waals surface area contributed by atoms with Gasteiger partial charge in [0.1, 0.15) is 0 Å². The minimum Gasteiger partial charge on any atom is -0.369 e. The summed E-state index contributed by atoms with van der Waals surface area (Å²) < 4.78 is 0. The lowest BCUT2D eigenvalue weighted by molar-refractivity contribution is -0.126. The van der Waals surface area contributed by atoms with Gasteiger partial charge in [0.15, 0.2) is 5.78 Å². The van der Waals surface area contributed by atoms with Gasteiger partial charge in [0.2, 0.25) is 5.91 Å². The molecule has 1 saturated heterocycles. The first kappa shape index (κ1) is 14.3. The molecule has 0 spiro atoms. The number of fused-ring (bicyclic) bond motifs is 1. The van der Waals surface area contributed by atoms with Gasteiger partial charge in [-0.3, -0.25) is 14.5 Å². The molecule has 2 aliphatic rings. The van der Waals surface area contributed by atoms with E-state index in [4.69, 9.17) is 5.73 Å². The van der Waals surface area contributed by atoms with Crippen molar-refractivity contribution in [1.29, 1.82) is 0 Å². The van der Waals surface area contributed by atoms with Crippen molar-refractivity contribution in [3.05, 3.63) is 34.9 Å². The van der Waals surface area contributed by atoms with E-state index in [1.54, 1.807) is 0 Å². The number of primary amides is 1. The maximum Gasteiger partial charge on any atom is 0.224 e. The average molecular weight is 286 g/mol. The van der Waals surface area contributed by atoms with Crippen LogP contribution in [0.2, 0.25) is 0 Å². The molecule has 1 aliphatic carbocycles. The maximum atomic E-state index is 12.4. The number of amides is 1. The fourth-order valence-electron chi connectivity index (χ4n) is 3.43. The van der Waals surface area contributed by atoms with Crippen molar-refractivity contribution in [2.45, 2.75) is 32.6 Å². The number of aryl methyl sites for hydroxylation is 2. The summed E-state index contributed by atoms with van der Waals surface area (Å²) in [5, 5.41) is 0. The molecule has 21 heavy (non-hydrogen) atoms. The standard InChI is InChI=1S/C17H22N2O2/c1-17(16(18)21)7-8-19(11-17)10-15(20)14-6-5-12-3-2-4-13(12)9-14/h5-6,9H,2-4,7-8,10-11H2,1H3,(H2,18,21). The molecule has 1 heterocycles. The summed E-state index contributed by atoms with van der Waals surface area (Å²) in [6.45, 7) is 3.60. The third kappa shape index (κ3) is 2.72. The van der Waals surface area contributed by atoms with Gasteiger partial charge in [0, 0.05) is 12.1 Å². The van der Waals surface area contributed by atoms with E-state index in [1.165, 1.54) is 17.5 Å². The van der Waals surface area contributed by atoms with Crippen molar-refractivity contribution in [3.8, 4) is 0 Å². The first-order valence-electron chi connectivity index (χ1n) is 7.65. The molecule has 112 valence electrons. The molecule has 0 aromatic heterocycles. The molecule has 1 unspecified atom stereocenters. The van der Waals surface area contributed by atoms with Crippen molar-refractivity contribution < 1.29 is 9.59 Å². The maximum absolute atomic E-state index is 12.4. The van der Waals surface area contributed by atoms with Crippen LogP contribution in [0.4, 0.5) is 0 Å². The molecule has 1 amide bonds. The molecular formula is C17H22N2O2. The van der Waals surface area contributed by atoms with E-state index in [2.05, 4.69) is 6.07 Å². The molecule has 1 aromatic carbocycles. The topological polar surface area (TPSA) is 63.4 Å². The Morgan fingerprint density at radius 1 is 1.29 bits per heavy atom. The minimum absolute atomic E-state index is 0.137. The van der Waals surface area contributed by atoms with Gasteiger partial charge in [-0.15, -0.1) is 0 Å². The first-order chi connectivity index (χ1) is 9.98. The lowest BCUT2D eigenvalue weighted by atomic mass is 9.89. The van der Waals surface area contributed by atoms with Crippen molar-refractivity contribution in [1.82, 2.24) is 4.90 Å². The van der Waals surface area contributed by atoms with E-state index in [-0.39, 0.29) is 11.7 Å². The monoisotopic (exact) mass is 286 g/mol. The summed E-state index contributed by atoms with van der Waals surface area (Å²) in [6, 6.07) is 6.08. The van der Waals surface area contributed by atoms with Gasteiger partial charge in [-0.25, -0.2) is 0 Å². The number of benzene rings is 1. The van der Waals surface area contributed by atoms with Crippen LogP contribution in [0.25, 0.3) is 0 Å². The Bertz CT molecular complexity index is 596. The largest absolute Gasteiger partial charge is 0.369 e. The highest BCUT2D eigenvalue weighted by atomic mass is 16.1. The fraction of sp³-hybridized carbons (Fsp3) is 0.529. The molecule has 2 N–H and O–H groups in total. The molecule has 0 saturated carbocycles. The summed E-state index contributed by atoms with van der Waals surface area (Å²) in [6.07, 6.45) is 4.14. The number of likely N-dealkylation sites (tertiary alicyclic amines) is 1. The van der Waals surface area contributed by atoms with Gasteiger partial charge in [0.05, 0.1) is 12.0 Å². The van der Waals surface area contributed by atoms with Gasteiger partial charge in [-0.1, -0.05) is 12.1 Å². The fourth-order valence-corrected chi connectivity index (χ4v) is 3.43. The van der Waals surface area contributed by atoms with Crippen LogP contribution in [0.5, 0.6) is 0 Å². The lowest BCUT2D eigenvalue weighted by Crippen LogP contribution is -2.38. The van der Waals surface area contributed by atoms with Crippen LogP contribution in [-0.4, -0.2) is 36.2 Å². The summed E-state index contributed by atoms with van der Waals surface area (Å²) >= 11 is 0. The molecule has 3 rings (SSSR count). The molecule has 1 aliphatic heterocycles. The zero-order valence-corrected chi connectivity index (χ0v) is 12.5. The second kappa shape index (κ2) is 5.26. The highest BCUT2D eigenvalue weighted by molar-refractivity contribution is 5.98. The van der Waals surface area contributed by atoms with Gasteiger partial charge in [0.25, 0.3) is 0 Å². The van der Waals surface area contributed by atoms with Crippen molar-refractivity contribution >= 4 is 11.7 Å². The molecular weight excluding hydrogens is 264 g/mol. The molecule has 1 fully saturated rings. The Labute approximate surface area is 125 Å². The summed E-state index contributed by atoms with van der Waals surface area (Å²) in [5.74, 6) is -0.131. The normalized spacial score (nSPS) is 25.0. The highest BCUT2D eigenvalue weighted by Gasteiger charge is 2.39. The van der Waals surface area contributed by atoms with Gasteiger partial charge < -0.3 is 5.73 Å². The number of hydrogen-bond donors (Lipinski definition) is 1. The second-order valence-corrected chi connectivity index (χ2v) is 6.65. The second-order valence-electron chi connectivity index (χ2n) is 6.65. The lowest BCUT2D eigenvalue weighted by Gasteiger charge is -2.20. The molecule has 4 heteroatoms. The Hall–Kier alpha value is -1.68.